The first kappa shape index (κ1) is 10.3. The molecule has 0 aromatic heterocycles. The maximum atomic E-state index is 10.2. The van der Waals surface area contributed by atoms with Gasteiger partial charge in [0.2, 0.25) is 0 Å². The van der Waals surface area contributed by atoms with Gasteiger partial charge in [-0.25, -0.2) is 0 Å². The molecule has 0 N–H and O–H groups in total. The number of hydrogen-bond acceptors (Lipinski definition) is 2. The molecule has 0 heterocycles. The van der Waals surface area contributed by atoms with Gasteiger partial charge in [-0.15, -0.1) is 0 Å². The SMILES string of the molecule is CC(C=O)CCCC(C)C=O. The molecule has 11 heavy (non-hydrogen) atoms. The summed E-state index contributed by atoms with van der Waals surface area (Å²) in [6.45, 7) is 3.80. The Labute approximate surface area is 68.0 Å². The van der Waals surface area contributed by atoms with Crippen LogP contribution >= 0.6 is 0 Å². The summed E-state index contributed by atoms with van der Waals surface area (Å²) >= 11 is 0. The van der Waals surface area contributed by atoms with E-state index in [1.807, 2.05) is 13.8 Å². The van der Waals surface area contributed by atoms with E-state index in [9.17, 15) is 9.59 Å². The Hall–Kier alpha value is -0.660. The molecule has 2 atom stereocenters. The second-order valence-electron chi connectivity index (χ2n) is 3.16. The maximum Gasteiger partial charge on any atom is 0.122 e. The highest BCUT2D eigenvalue weighted by Gasteiger charge is 2.02. The Kier molecular flexibility index (Phi) is 5.71. The van der Waals surface area contributed by atoms with Crippen LogP contribution in [0.4, 0.5) is 0 Å². The van der Waals surface area contributed by atoms with Gasteiger partial charge in [-0.05, 0) is 12.8 Å². The zero-order valence-electron chi connectivity index (χ0n) is 7.25. The molecule has 2 unspecified atom stereocenters. The van der Waals surface area contributed by atoms with E-state index < -0.39 is 0 Å². The second kappa shape index (κ2) is 6.08. The lowest BCUT2D eigenvalue weighted by molar-refractivity contribution is -0.110. The van der Waals surface area contributed by atoms with Crippen LogP contribution in [0.5, 0.6) is 0 Å². The lowest BCUT2D eigenvalue weighted by Gasteiger charge is -2.04. The van der Waals surface area contributed by atoms with Gasteiger partial charge in [0.1, 0.15) is 12.6 Å². The third-order valence-corrected chi connectivity index (χ3v) is 1.78. The van der Waals surface area contributed by atoms with Crippen LogP contribution in [0.15, 0.2) is 0 Å². The minimum absolute atomic E-state index is 0.147. The van der Waals surface area contributed by atoms with Crippen molar-refractivity contribution in [3.8, 4) is 0 Å². The Balaban J connectivity index is 3.26. The second-order valence-corrected chi connectivity index (χ2v) is 3.16. The van der Waals surface area contributed by atoms with Crippen molar-refractivity contribution in [3.05, 3.63) is 0 Å². The zero-order chi connectivity index (χ0) is 8.69. The zero-order valence-corrected chi connectivity index (χ0v) is 7.25. The summed E-state index contributed by atoms with van der Waals surface area (Å²) in [5, 5.41) is 0. The first-order valence-electron chi connectivity index (χ1n) is 4.11. The van der Waals surface area contributed by atoms with E-state index in [0.29, 0.717) is 0 Å². The summed E-state index contributed by atoms with van der Waals surface area (Å²) in [4.78, 5) is 20.4. The van der Waals surface area contributed by atoms with E-state index in [4.69, 9.17) is 0 Å². The molecule has 0 aromatic rings. The van der Waals surface area contributed by atoms with Crippen LogP contribution in [0.1, 0.15) is 33.1 Å². The Bertz CT molecular complexity index is 107. The number of carbonyl (C=O) groups is 2. The third-order valence-electron chi connectivity index (χ3n) is 1.78. The van der Waals surface area contributed by atoms with E-state index in [0.717, 1.165) is 31.8 Å². The van der Waals surface area contributed by atoms with Crippen LogP contribution in [0, 0.1) is 11.8 Å². The van der Waals surface area contributed by atoms with Gasteiger partial charge >= 0.3 is 0 Å². The molecule has 0 fully saturated rings. The fourth-order valence-corrected chi connectivity index (χ4v) is 0.898. The summed E-state index contributed by atoms with van der Waals surface area (Å²) < 4.78 is 0. The van der Waals surface area contributed by atoms with Crippen molar-refractivity contribution in [3.63, 3.8) is 0 Å². The quantitative estimate of drug-likeness (QED) is 0.550. The van der Waals surface area contributed by atoms with Gasteiger partial charge in [0.15, 0.2) is 0 Å². The van der Waals surface area contributed by atoms with E-state index in [1.54, 1.807) is 0 Å². The molecular formula is C9H16O2. The predicted molar refractivity (Wildman–Crippen MR) is 44.3 cm³/mol. The summed E-state index contributed by atoms with van der Waals surface area (Å²) in [6, 6.07) is 0. The first-order valence-corrected chi connectivity index (χ1v) is 4.11. The van der Waals surface area contributed by atoms with Gasteiger partial charge in [-0.2, -0.15) is 0 Å². The van der Waals surface area contributed by atoms with Crippen molar-refractivity contribution in [1.29, 1.82) is 0 Å². The topological polar surface area (TPSA) is 34.1 Å². The standard InChI is InChI=1S/C9H16O2/c1-8(6-10)4-3-5-9(2)7-11/h6-9H,3-5H2,1-2H3. The predicted octanol–water partition coefficient (Wildman–Crippen LogP) is 1.83. The highest BCUT2D eigenvalue weighted by molar-refractivity contribution is 5.53. The lowest BCUT2D eigenvalue weighted by Crippen LogP contribution is -1.99. The normalized spacial score (nSPS) is 15.5. The van der Waals surface area contributed by atoms with Gasteiger partial charge in [-0.1, -0.05) is 20.3 Å². The molecule has 0 amide bonds. The van der Waals surface area contributed by atoms with Gasteiger partial charge < -0.3 is 9.59 Å². The molecule has 64 valence electrons. The maximum absolute atomic E-state index is 10.2. The van der Waals surface area contributed by atoms with Crippen molar-refractivity contribution >= 4 is 12.6 Å². The molecule has 2 heteroatoms. The molecular weight excluding hydrogens is 140 g/mol. The fourth-order valence-electron chi connectivity index (χ4n) is 0.898. The van der Waals surface area contributed by atoms with Gasteiger partial charge in [0.05, 0.1) is 0 Å². The molecule has 0 bridgehead atoms. The first-order chi connectivity index (χ1) is 5.20. The molecule has 0 aliphatic heterocycles. The molecule has 0 rings (SSSR count). The summed E-state index contributed by atoms with van der Waals surface area (Å²) in [5.41, 5.74) is 0. The van der Waals surface area contributed by atoms with Crippen molar-refractivity contribution in [2.75, 3.05) is 0 Å². The van der Waals surface area contributed by atoms with Crippen LogP contribution in [0.3, 0.4) is 0 Å². The minimum atomic E-state index is 0.147. The molecule has 0 radical (unpaired) electrons. The number of carbonyl (C=O) groups excluding carboxylic acids is 2. The Morgan fingerprint density at radius 1 is 1.00 bits per heavy atom. The van der Waals surface area contributed by atoms with Crippen LogP contribution in [-0.4, -0.2) is 12.6 Å². The average molecular weight is 156 g/mol. The molecule has 0 aromatic carbocycles. The van der Waals surface area contributed by atoms with E-state index in [1.165, 1.54) is 0 Å². The van der Waals surface area contributed by atoms with Crippen LogP contribution in [0.2, 0.25) is 0 Å². The van der Waals surface area contributed by atoms with E-state index in [2.05, 4.69) is 0 Å². The highest BCUT2D eigenvalue weighted by atomic mass is 16.1. The van der Waals surface area contributed by atoms with Crippen molar-refractivity contribution in [2.45, 2.75) is 33.1 Å². The van der Waals surface area contributed by atoms with Crippen LogP contribution < -0.4 is 0 Å². The number of rotatable bonds is 6. The average Bonchev–Trinajstić information content (AvgIpc) is 2.04. The van der Waals surface area contributed by atoms with E-state index >= 15 is 0 Å². The molecule has 0 saturated heterocycles. The monoisotopic (exact) mass is 156 g/mol. The molecule has 0 spiro atoms. The van der Waals surface area contributed by atoms with Crippen LogP contribution in [0.25, 0.3) is 0 Å². The van der Waals surface area contributed by atoms with Gasteiger partial charge in [0.25, 0.3) is 0 Å². The lowest BCUT2D eigenvalue weighted by atomic mass is 10.0. The molecule has 0 aliphatic rings. The van der Waals surface area contributed by atoms with Crippen LogP contribution in [-0.2, 0) is 9.59 Å². The summed E-state index contributed by atoms with van der Waals surface area (Å²) in [5.74, 6) is 0.294. The fraction of sp³-hybridized carbons (Fsp3) is 0.778. The van der Waals surface area contributed by atoms with E-state index in [-0.39, 0.29) is 11.8 Å². The van der Waals surface area contributed by atoms with Gasteiger partial charge in [0, 0.05) is 11.8 Å². The smallest absolute Gasteiger partial charge is 0.122 e. The molecule has 0 aliphatic carbocycles. The largest absolute Gasteiger partial charge is 0.303 e. The van der Waals surface area contributed by atoms with Crippen molar-refractivity contribution < 1.29 is 9.59 Å². The summed E-state index contributed by atoms with van der Waals surface area (Å²) in [7, 11) is 0. The molecule has 0 saturated carbocycles. The molecule has 2 nitrogen and oxygen atoms in total. The number of aldehydes is 2. The highest BCUT2D eigenvalue weighted by Crippen LogP contribution is 2.09. The number of hydrogen-bond donors (Lipinski definition) is 0. The van der Waals surface area contributed by atoms with Crippen molar-refractivity contribution in [1.82, 2.24) is 0 Å². The van der Waals surface area contributed by atoms with Crippen molar-refractivity contribution in [2.24, 2.45) is 11.8 Å². The Morgan fingerprint density at radius 3 is 1.64 bits per heavy atom. The Morgan fingerprint density at radius 2 is 1.36 bits per heavy atom. The third kappa shape index (κ3) is 5.77. The minimum Gasteiger partial charge on any atom is -0.303 e. The van der Waals surface area contributed by atoms with Gasteiger partial charge in [-0.3, -0.25) is 0 Å². The summed E-state index contributed by atoms with van der Waals surface area (Å²) in [6.07, 6.45) is 4.71.